The third-order valence-corrected chi connectivity index (χ3v) is 6.80. The van der Waals surface area contributed by atoms with E-state index < -0.39 is 11.0 Å². The molecule has 136 valence electrons. The van der Waals surface area contributed by atoms with Gasteiger partial charge in [0, 0.05) is 18.7 Å². The Bertz CT molecular complexity index is 861. The molecule has 0 aromatic heterocycles. The molecule has 0 amide bonds. The summed E-state index contributed by atoms with van der Waals surface area (Å²) in [5.41, 5.74) is 1.40. The summed E-state index contributed by atoms with van der Waals surface area (Å²) < 4.78 is 5.33. The molecule has 5 heteroatoms. The van der Waals surface area contributed by atoms with Gasteiger partial charge in [-0.2, -0.15) is 0 Å². The van der Waals surface area contributed by atoms with E-state index in [4.69, 9.17) is 9.73 Å². The first kappa shape index (κ1) is 16.2. The van der Waals surface area contributed by atoms with Gasteiger partial charge < -0.3 is 9.84 Å². The molecule has 0 spiro atoms. The van der Waals surface area contributed by atoms with E-state index >= 15 is 0 Å². The van der Waals surface area contributed by atoms with Crippen molar-refractivity contribution in [1.29, 1.82) is 0 Å². The van der Waals surface area contributed by atoms with E-state index in [0.717, 1.165) is 30.8 Å². The molecule has 0 radical (unpaired) electrons. The average Bonchev–Trinajstić information content (AvgIpc) is 2.95. The minimum absolute atomic E-state index is 0.0629. The molecule has 26 heavy (non-hydrogen) atoms. The van der Waals surface area contributed by atoms with Gasteiger partial charge in [-0.25, -0.2) is 0 Å². The summed E-state index contributed by atoms with van der Waals surface area (Å²) in [6.07, 6.45) is 4.46. The maximum atomic E-state index is 13.3. The molecule has 4 heterocycles. The largest absolute Gasteiger partial charge is 0.468 e. The number of rotatable bonds is 2. The lowest BCUT2D eigenvalue weighted by molar-refractivity contribution is -0.155. The zero-order chi connectivity index (χ0) is 18.1. The van der Waals surface area contributed by atoms with Crippen LogP contribution in [0.3, 0.4) is 0 Å². The zero-order valence-corrected chi connectivity index (χ0v) is 15.2. The molecule has 1 N–H and O–H groups in total. The van der Waals surface area contributed by atoms with E-state index in [9.17, 15) is 9.90 Å². The molecule has 5 nitrogen and oxygen atoms in total. The summed E-state index contributed by atoms with van der Waals surface area (Å²) in [7, 11) is 1.45. The lowest BCUT2D eigenvalue weighted by atomic mass is 9.58. The zero-order valence-electron chi connectivity index (χ0n) is 15.2. The van der Waals surface area contributed by atoms with Crippen LogP contribution in [-0.2, 0) is 15.1 Å². The first-order chi connectivity index (χ1) is 12.5. The number of carbonyl (C=O) groups is 1. The number of hydrogen-bond acceptors (Lipinski definition) is 5. The predicted molar refractivity (Wildman–Crippen MR) is 98.3 cm³/mol. The van der Waals surface area contributed by atoms with Crippen molar-refractivity contribution >= 4 is 17.4 Å². The van der Waals surface area contributed by atoms with Crippen LogP contribution in [0.1, 0.15) is 31.7 Å². The quantitative estimate of drug-likeness (QED) is 0.656. The second-order valence-corrected chi connectivity index (χ2v) is 8.01. The van der Waals surface area contributed by atoms with Crippen LogP contribution in [0.4, 0.5) is 5.69 Å². The molecule has 4 bridgehead atoms. The summed E-state index contributed by atoms with van der Waals surface area (Å²) >= 11 is 0. The molecular formula is C21H24N2O3. The molecule has 2 fully saturated rings. The van der Waals surface area contributed by atoms with Crippen molar-refractivity contribution in [1.82, 2.24) is 4.90 Å². The Labute approximate surface area is 153 Å². The topological polar surface area (TPSA) is 62.1 Å². The smallest absolute Gasteiger partial charge is 0.319 e. The fourth-order valence-corrected chi connectivity index (χ4v) is 5.88. The van der Waals surface area contributed by atoms with E-state index in [0.29, 0.717) is 24.5 Å². The summed E-state index contributed by atoms with van der Waals surface area (Å²) in [6.45, 7) is 3.83. The molecule has 2 saturated heterocycles. The number of hydrogen-bond donors (Lipinski definition) is 1. The van der Waals surface area contributed by atoms with E-state index in [1.54, 1.807) is 0 Å². The minimum Gasteiger partial charge on any atom is -0.468 e. The number of carbonyl (C=O) groups excluding carboxylic acids is 1. The molecule has 5 aliphatic rings. The highest BCUT2D eigenvalue weighted by Crippen LogP contribution is 2.58. The summed E-state index contributed by atoms with van der Waals surface area (Å²) in [6, 6.07) is 7.66. The van der Waals surface area contributed by atoms with Gasteiger partial charge in [0.1, 0.15) is 11.0 Å². The maximum absolute atomic E-state index is 13.3. The van der Waals surface area contributed by atoms with Crippen molar-refractivity contribution in [2.45, 2.75) is 37.8 Å². The standard InChI is InChI=1S/C21H24N2O3/c1-3-14-10-13-11-20(19(24)26-2)17(14)23(12-13)9-8-21(25)15-6-4-5-7-16(15)22-18(20)21/h4-7,10,13,17,25H,3,8-9,11-12H2,1-2H3/t13-,17+,20+,21+/m0/s1. The second kappa shape index (κ2) is 5.27. The highest BCUT2D eigenvalue weighted by molar-refractivity contribution is 6.16. The number of benzene rings is 1. The van der Waals surface area contributed by atoms with Crippen molar-refractivity contribution in [3.63, 3.8) is 0 Å². The maximum Gasteiger partial charge on any atom is 0.319 e. The minimum atomic E-state index is -1.19. The number of para-hydroxylation sites is 1. The van der Waals surface area contributed by atoms with Crippen molar-refractivity contribution in [3.05, 3.63) is 41.5 Å². The van der Waals surface area contributed by atoms with Crippen LogP contribution in [0.25, 0.3) is 0 Å². The van der Waals surface area contributed by atoms with Gasteiger partial charge in [-0.15, -0.1) is 0 Å². The average molecular weight is 352 g/mol. The van der Waals surface area contributed by atoms with E-state index in [-0.39, 0.29) is 12.0 Å². The Hall–Kier alpha value is -1.98. The highest BCUT2D eigenvalue weighted by Gasteiger charge is 2.66. The van der Waals surface area contributed by atoms with Crippen molar-refractivity contribution in [2.24, 2.45) is 16.3 Å². The van der Waals surface area contributed by atoms with Gasteiger partial charge in [-0.05, 0) is 31.2 Å². The number of aliphatic hydroxyl groups is 1. The predicted octanol–water partition coefficient (Wildman–Crippen LogP) is 2.56. The number of nitrogens with zero attached hydrogens (tertiary/aromatic N) is 2. The Morgan fingerprint density at radius 2 is 2.23 bits per heavy atom. The van der Waals surface area contributed by atoms with Crippen LogP contribution in [0.15, 0.2) is 40.9 Å². The molecule has 1 aromatic rings. The lowest BCUT2D eigenvalue weighted by Crippen LogP contribution is -2.65. The Morgan fingerprint density at radius 1 is 1.42 bits per heavy atom. The molecule has 1 aromatic carbocycles. The highest BCUT2D eigenvalue weighted by atomic mass is 16.5. The Morgan fingerprint density at radius 3 is 3.00 bits per heavy atom. The number of esters is 1. The van der Waals surface area contributed by atoms with E-state index in [1.165, 1.54) is 12.7 Å². The Balaban J connectivity index is 1.79. The number of methoxy groups -OCH3 is 1. The molecule has 6 rings (SSSR count). The van der Waals surface area contributed by atoms with Gasteiger partial charge in [0.25, 0.3) is 0 Å². The van der Waals surface area contributed by atoms with Crippen LogP contribution in [0.2, 0.25) is 0 Å². The van der Waals surface area contributed by atoms with Crippen LogP contribution < -0.4 is 0 Å². The van der Waals surface area contributed by atoms with Gasteiger partial charge in [0.05, 0.1) is 24.6 Å². The monoisotopic (exact) mass is 352 g/mol. The van der Waals surface area contributed by atoms with Crippen LogP contribution in [0, 0.1) is 11.3 Å². The molecule has 1 aliphatic carbocycles. The third kappa shape index (κ3) is 1.78. The van der Waals surface area contributed by atoms with Crippen molar-refractivity contribution in [3.8, 4) is 0 Å². The summed E-state index contributed by atoms with van der Waals surface area (Å²) in [4.78, 5) is 20.5. The molecule has 5 atom stereocenters. The van der Waals surface area contributed by atoms with Gasteiger partial charge in [0.15, 0.2) is 0 Å². The summed E-state index contributed by atoms with van der Waals surface area (Å²) in [5, 5.41) is 11.8. The lowest BCUT2D eigenvalue weighted by Gasteiger charge is -2.54. The fourth-order valence-electron chi connectivity index (χ4n) is 5.88. The molecule has 0 saturated carbocycles. The van der Waals surface area contributed by atoms with Crippen molar-refractivity contribution < 1.29 is 14.6 Å². The normalized spacial score (nSPS) is 39.4. The van der Waals surface area contributed by atoms with Crippen LogP contribution in [0.5, 0.6) is 0 Å². The SMILES string of the molecule is CCC1=C[C@@H]2CN3CC[C@]4(O)C(=Nc5ccccc54)[C@@](C(=O)OC)(C2)[C@@H]13. The fraction of sp³-hybridized carbons (Fsp3) is 0.524. The van der Waals surface area contributed by atoms with Crippen LogP contribution in [-0.4, -0.2) is 47.9 Å². The Kier molecular flexibility index (Phi) is 3.29. The van der Waals surface area contributed by atoms with Gasteiger partial charge >= 0.3 is 5.97 Å². The first-order valence-corrected chi connectivity index (χ1v) is 9.49. The second-order valence-electron chi connectivity index (χ2n) is 8.01. The number of aliphatic imine (C=N–C) groups is 1. The number of fused-ring (bicyclic) bond motifs is 3. The number of piperidine rings is 1. The molecule has 1 unspecified atom stereocenters. The third-order valence-electron chi connectivity index (χ3n) is 6.80. The summed E-state index contributed by atoms with van der Waals surface area (Å²) in [5.74, 6) is 0.0333. The van der Waals surface area contributed by atoms with Gasteiger partial charge in [-0.1, -0.05) is 36.8 Å². The van der Waals surface area contributed by atoms with Crippen molar-refractivity contribution in [2.75, 3.05) is 20.2 Å². The van der Waals surface area contributed by atoms with Gasteiger partial charge in [0.2, 0.25) is 0 Å². The first-order valence-electron chi connectivity index (χ1n) is 9.49. The van der Waals surface area contributed by atoms with E-state index in [1.807, 2.05) is 24.3 Å². The van der Waals surface area contributed by atoms with Gasteiger partial charge in [-0.3, -0.25) is 14.7 Å². The molecule has 4 aliphatic heterocycles. The number of ether oxygens (including phenoxy) is 1. The van der Waals surface area contributed by atoms with Crippen LogP contribution >= 0.6 is 0 Å². The molecular weight excluding hydrogens is 328 g/mol. The van der Waals surface area contributed by atoms with E-state index in [2.05, 4.69) is 17.9 Å².